The van der Waals surface area contributed by atoms with Crippen molar-refractivity contribution in [3.63, 3.8) is 0 Å². The summed E-state index contributed by atoms with van der Waals surface area (Å²) in [5.74, 6) is -0.320. The second kappa shape index (κ2) is 10.2. The average molecular weight is 398 g/mol. The zero-order valence-corrected chi connectivity index (χ0v) is 17.1. The first-order chi connectivity index (χ1) is 13.6. The molecule has 0 unspecified atom stereocenters. The van der Waals surface area contributed by atoms with Crippen LogP contribution in [-0.4, -0.2) is 35.7 Å². The van der Waals surface area contributed by atoms with Crippen LogP contribution in [0.2, 0.25) is 0 Å². The first kappa shape index (κ1) is 20.3. The van der Waals surface area contributed by atoms with Gasteiger partial charge in [0, 0.05) is 17.9 Å². The molecule has 0 amide bonds. The van der Waals surface area contributed by atoms with E-state index >= 15 is 0 Å². The summed E-state index contributed by atoms with van der Waals surface area (Å²) < 4.78 is 4.98. The molecule has 28 heavy (non-hydrogen) atoms. The predicted molar refractivity (Wildman–Crippen MR) is 118 cm³/mol. The smallest absolute Gasteiger partial charge is 0.338 e. The number of carbonyl (C=O) groups is 1. The Morgan fingerprint density at radius 1 is 0.964 bits per heavy atom. The van der Waals surface area contributed by atoms with Gasteiger partial charge < -0.3 is 15.4 Å². The van der Waals surface area contributed by atoms with E-state index in [9.17, 15) is 4.79 Å². The molecule has 1 fully saturated rings. The van der Waals surface area contributed by atoms with Gasteiger partial charge in [-0.15, -0.1) is 0 Å². The van der Waals surface area contributed by atoms with E-state index in [1.165, 1.54) is 37.9 Å². The van der Waals surface area contributed by atoms with E-state index in [2.05, 4.69) is 39.8 Å². The van der Waals surface area contributed by atoms with Gasteiger partial charge in [-0.3, -0.25) is 4.90 Å². The Hall–Kier alpha value is -2.44. The number of nitrogens with zero attached hydrogens (tertiary/aromatic N) is 1. The molecule has 0 radical (unpaired) electrons. The van der Waals surface area contributed by atoms with Gasteiger partial charge in [0.25, 0.3) is 0 Å². The number of likely N-dealkylation sites (tertiary alicyclic amines) is 1. The number of rotatable bonds is 6. The first-order valence-corrected chi connectivity index (χ1v) is 10.2. The van der Waals surface area contributed by atoms with E-state index < -0.39 is 0 Å². The van der Waals surface area contributed by atoms with Gasteiger partial charge in [0.2, 0.25) is 0 Å². The lowest BCUT2D eigenvalue weighted by molar-refractivity contribution is 0.0526. The van der Waals surface area contributed by atoms with E-state index in [1.807, 2.05) is 12.1 Å². The third-order valence-corrected chi connectivity index (χ3v) is 4.92. The Balaban J connectivity index is 1.49. The molecule has 1 heterocycles. The Morgan fingerprint density at radius 2 is 1.54 bits per heavy atom. The lowest BCUT2D eigenvalue weighted by Gasteiger charge is -2.26. The standard InChI is InChI=1S/C22H27N3O2S/c1-2-27-21(26)18-8-12-20(13-9-18)24-22(28)23-19-10-6-17(7-11-19)16-25-14-4-3-5-15-25/h6-13H,2-5,14-16H2,1H3,(H2,23,24,28). The highest BCUT2D eigenvalue weighted by molar-refractivity contribution is 7.80. The van der Waals surface area contributed by atoms with E-state index in [4.69, 9.17) is 17.0 Å². The summed E-state index contributed by atoms with van der Waals surface area (Å²) in [7, 11) is 0. The number of nitrogens with one attached hydrogen (secondary N) is 2. The zero-order valence-electron chi connectivity index (χ0n) is 16.2. The van der Waals surface area contributed by atoms with Gasteiger partial charge in [0.05, 0.1) is 12.2 Å². The molecule has 1 saturated heterocycles. The van der Waals surface area contributed by atoms with Crippen LogP contribution in [-0.2, 0) is 11.3 Å². The summed E-state index contributed by atoms with van der Waals surface area (Å²) in [6.07, 6.45) is 3.97. The Labute approximate surface area is 172 Å². The van der Waals surface area contributed by atoms with Crippen molar-refractivity contribution in [1.82, 2.24) is 4.90 Å². The molecule has 0 atom stereocenters. The molecule has 0 aliphatic carbocycles. The van der Waals surface area contributed by atoms with Gasteiger partial charge >= 0.3 is 5.97 Å². The number of benzene rings is 2. The second-order valence-corrected chi connectivity index (χ2v) is 7.32. The SMILES string of the molecule is CCOC(=O)c1ccc(NC(=S)Nc2ccc(CN3CCCCC3)cc2)cc1. The summed E-state index contributed by atoms with van der Waals surface area (Å²) in [6, 6.07) is 15.5. The normalized spacial score (nSPS) is 14.3. The van der Waals surface area contributed by atoms with Crippen molar-refractivity contribution >= 4 is 34.7 Å². The second-order valence-electron chi connectivity index (χ2n) is 6.91. The summed E-state index contributed by atoms with van der Waals surface area (Å²) >= 11 is 5.39. The van der Waals surface area contributed by atoms with E-state index in [-0.39, 0.29) is 5.97 Å². The number of piperidine rings is 1. The van der Waals surface area contributed by atoms with Crippen molar-refractivity contribution in [3.05, 3.63) is 59.7 Å². The highest BCUT2D eigenvalue weighted by Crippen LogP contribution is 2.16. The summed E-state index contributed by atoms with van der Waals surface area (Å²) in [5, 5.41) is 6.83. The number of carbonyl (C=O) groups excluding carboxylic acids is 1. The minimum atomic E-state index is -0.320. The van der Waals surface area contributed by atoms with Crippen molar-refractivity contribution in [2.45, 2.75) is 32.7 Å². The fraction of sp³-hybridized carbons (Fsp3) is 0.364. The fourth-order valence-electron chi connectivity index (χ4n) is 3.27. The monoisotopic (exact) mass is 397 g/mol. The quantitative estimate of drug-likeness (QED) is 0.546. The maximum absolute atomic E-state index is 11.7. The number of esters is 1. The third kappa shape index (κ3) is 6.04. The van der Waals surface area contributed by atoms with E-state index in [0.717, 1.165) is 17.9 Å². The molecule has 5 nitrogen and oxygen atoms in total. The van der Waals surface area contributed by atoms with Crippen LogP contribution in [0.25, 0.3) is 0 Å². The summed E-state index contributed by atoms with van der Waals surface area (Å²) in [6.45, 7) is 5.56. The van der Waals surface area contributed by atoms with Crippen LogP contribution in [0.3, 0.4) is 0 Å². The molecule has 2 N–H and O–H groups in total. The molecular formula is C22H27N3O2S. The highest BCUT2D eigenvalue weighted by Gasteiger charge is 2.10. The molecule has 1 aliphatic heterocycles. The van der Waals surface area contributed by atoms with Crippen molar-refractivity contribution in [1.29, 1.82) is 0 Å². The van der Waals surface area contributed by atoms with Crippen molar-refractivity contribution < 1.29 is 9.53 Å². The predicted octanol–water partition coefficient (Wildman–Crippen LogP) is 4.66. The number of ether oxygens (including phenoxy) is 1. The topological polar surface area (TPSA) is 53.6 Å². The average Bonchev–Trinajstić information content (AvgIpc) is 2.71. The fourth-order valence-corrected chi connectivity index (χ4v) is 3.50. The molecule has 0 aromatic heterocycles. The van der Waals surface area contributed by atoms with Gasteiger partial charge in [-0.25, -0.2) is 4.79 Å². The van der Waals surface area contributed by atoms with Gasteiger partial charge in [0.1, 0.15) is 0 Å². The van der Waals surface area contributed by atoms with E-state index in [1.54, 1.807) is 19.1 Å². The lowest BCUT2D eigenvalue weighted by atomic mass is 10.1. The minimum Gasteiger partial charge on any atom is -0.462 e. The summed E-state index contributed by atoms with van der Waals surface area (Å²) in [4.78, 5) is 14.2. The maximum Gasteiger partial charge on any atom is 0.338 e. The Morgan fingerprint density at radius 3 is 2.11 bits per heavy atom. The molecule has 1 aliphatic rings. The van der Waals surface area contributed by atoms with Crippen LogP contribution in [0.15, 0.2) is 48.5 Å². The van der Waals surface area contributed by atoms with Crippen LogP contribution < -0.4 is 10.6 Å². The van der Waals surface area contributed by atoms with Gasteiger partial charge in [-0.2, -0.15) is 0 Å². The largest absolute Gasteiger partial charge is 0.462 e. The Bertz CT molecular complexity index is 784. The van der Waals surface area contributed by atoms with Crippen LogP contribution >= 0.6 is 12.2 Å². The van der Waals surface area contributed by atoms with Gasteiger partial charge in [-0.05, 0) is 87.0 Å². The van der Waals surface area contributed by atoms with Crippen LogP contribution in [0, 0.1) is 0 Å². The molecule has 3 rings (SSSR count). The molecule has 2 aromatic carbocycles. The first-order valence-electron chi connectivity index (χ1n) is 9.80. The number of thiocarbonyl (C=S) groups is 1. The van der Waals surface area contributed by atoms with Crippen LogP contribution in [0.1, 0.15) is 42.1 Å². The molecule has 6 heteroatoms. The lowest BCUT2D eigenvalue weighted by Crippen LogP contribution is -2.29. The highest BCUT2D eigenvalue weighted by atomic mass is 32.1. The van der Waals surface area contributed by atoms with Gasteiger partial charge in [0.15, 0.2) is 5.11 Å². The molecular weight excluding hydrogens is 370 g/mol. The number of anilines is 2. The molecule has 0 spiro atoms. The molecule has 0 bridgehead atoms. The third-order valence-electron chi connectivity index (χ3n) is 4.72. The van der Waals surface area contributed by atoms with Crippen molar-refractivity contribution in [2.75, 3.05) is 30.3 Å². The Kier molecular flexibility index (Phi) is 7.39. The van der Waals surface area contributed by atoms with Crippen molar-refractivity contribution in [3.8, 4) is 0 Å². The molecule has 148 valence electrons. The van der Waals surface area contributed by atoms with E-state index in [0.29, 0.717) is 17.3 Å². The maximum atomic E-state index is 11.7. The van der Waals surface area contributed by atoms with Crippen LogP contribution in [0.4, 0.5) is 11.4 Å². The number of hydrogen-bond donors (Lipinski definition) is 2. The minimum absolute atomic E-state index is 0.320. The number of hydrogen-bond acceptors (Lipinski definition) is 4. The van der Waals surface area contributed by atoms with Crippen molar-refractivity contribution in [2.24, 2.45) is 0 Å². The summed E-state index contributed by atoms with van der Waals surface area (Å²) in [5.41, 5.74) is 3.60. The molecule has 2 aromatic rings. The van der Waals surface area contributed by atoms with Crippen LogP contribution in [0.5, 0.6) is 0 Å². The zero-order chi connectivity index (χ0) is 19.8. The van der Waals surface area contributed by atoms with Gasteiger partial charge in [-0.1, -0.05) is 18.6 Å². The molecule has 0 saturated carbocycles.